The molecule has 1 aromatic carbocycles. The molecule has 0 heterocycles. The van der Waals surface area contributed by atoms with Gasteiger partial charge in [0.1, 0.15) is 0 Å². The molecule has 0 saturated heterocycles. The van der Waals surface area contributed by atoms with E-state index in [0.717, 1.165) is 12.8 Å². The van der Waals surface area contributed by atoms with Gasteiger partial charge >= 0.3 is 0 Å². The van der Waals surface area contributed by atoms with Crippen molar-refractivity contribution in [2.45, 2.75) is 26.7 Å². The Hall–Kier alpha value is -1.88. The van der Waals surface area contributed by atoms with Crippen molar-refractivity contribution in [2.75, 3.05) is 11.9 Å². The van der Waals surface area contributed by atoms with E-state index < -0.39 is 5.91 Å². The molecular weight excluding hydrogens is 242 g/mol. The number of amides is 2. The van der Waals surface area contributed by atoms with E-state index in [4.69, 9.17) is 11.5 Å². The average Bonchev–Trinajstić information content (AvgIpc) is 2.37. The minimum atomic E-state index is -0.496. The molecular formula is C14H21N3O2. The van der Waals surface area contributed by atoms with Gasteiger partial charge in [-0.2, -0.15) is 0 Å². The van der Waals surface area contributed by atoms with Gasteiger partial charge in [-0.15, -0.1) is 0 Å². The van der Waals surface area contributed by atoms with Crippen molar-refractivity contribution in [1.29, 1.82) is 0 Å². The Bertz CT molecular complexity index is 472. The third kappa shape index (κ3) is 4.06. The van der Waals surface area contributed by atoms with Crippen LogP contribution in [0.3, 0.4) is 0 Å². The summed E-state index contributed by atoms with van der Waals surface area (Å²) >= 11 is 0. The zero-order valence-corrected chi connectivity index (χ0v) is 11.4. The minimum absolute atomic E-state index is 0.0711. The van der Waals surface area contributed by atoms with E-state index in [-0.39, 0.29) is 11.8 Å². The van der Waals surface area contributed by atoms with Gasteiger partial charge < -0.3 is 16.8 Å². The number of anilines is 1. The molecule has 5 heteroatoms. The molecule has 0 aliphatic carbocycles. The van der Waals surface area contributed by atoms with Crippen LogP contribution < -0.4 is 16.8 Å². The van der Waals surface area contributed by atoms with Gasteiger partial charge in [0, 0.05) is 17.2 Å². The topological polar surface area (TPSA) is 98.2 Å². The van der Waals surface area contributed by atoms with E-state index in [0.29, 0.717) is 23.4 Å². The van der Waals surface area contributed by atoms with Gasteiger partial charge in [-0.25, -0.2) is 0 Å². The fourth-order valence-electron chi connectivity index (χ4n) is 1.85. The van der Waals surface area contributed by atoms with Crippen LogP contribution in [0.5, 0.6) is 0 Å². The van der Waals surface area contributed by atoms with Crippen LogP contribution in [0.4, 0.5) is 5.69 Å². The summed E-state index contributed by atoms with van der Waals surface area (Å²) in [7, 11) is 0. The largest absolute Gasteiger partial charge is 0.366 e. The van der Waals surface area contributed by atoms with E-state index >= 15 is 0 Å². The van der Waals surface area contributed by atoms with Crippen LogP contribution in [0.2, 0.25) is 0 Å². The van der Waals surface area contributed by atoms with Crippen molar-refractivity contribution < 1.29 is 9.59 Å². The summed E-state index contributed by atoms with van der Waals surface area (Å²) in [5.41, 5.74) is 12.4. The standard InChI is InChI=1S/C14H21N3O2/c1-9(5-4-8-15)14(19)17-12-7-3-6-11(10(12)2)13(16)18/h3,6-7,9H,4-5,8,15H2,1-2H3,(H2,16,18)(H,17,19). The fraction of sp³-hybridized carbons (Fsp3) is 0.429. The van der Waals surface area contributed by atoms with Gasteiger partial charge in [0.25, 0.3) is 0 Å². The average molecular weight is 263 g/mol. The molecule has 104 valence electrons. The number of carbonyl (C=O) groups is 2. The molecule has 19 heavy (non-hydrogen) atoms. The van der Waals surface area contributed by atoms with Gasteiger partial charge in [-0.05, 0) is 44.0 Å². The number of rotatable bonds is 6. The highest BCUT2D eigenvalue weighted by Gasteiger charge is 2.15. The van der Waals surface area contributed by atoms with Crippen LogP contribution in [0.15, 0.2) is 18.2 Å². The molecule has 1 aromatic rings. The molecule has 0 fully saturated rings. The SMILES string of the molecule is Cc1c(NC(=O)C(C)CCCN)cccc1C(N)=O. The Labute approximate surface area is 113 Å². The number of nitrogens with one attached hydrogen (secondary N) is 1. The Kier molecular flexibility index (Phi) is 5.51. The molecule has 0 radical (unpaired) electrons. The van der Waals surface area contributed by atoms with Gasteiger partial charge in [0.2, 0.25) is 11.8 Å². The van der Waals surface area contributed by atoms with Gasteiger partial charge in [-0.3, -0.25) is 9.59 Å². The van der Waals surface area contributed by atoms with Crippen LogP contribution in [0.25, 0.3) is 0 Å². The second-order valence-corrected chi connectivity index (χ2v) is 4.66. The predicted octanol–water partition coefficient (Wildman–Crippen LogP) is 1.41. The number of hydrogen-bond donors (Lipinski definition) is 3. The minimum Gasteiger partial charge on any atom is -0.366 e. The summed E-state index contributed by atoms with van der Waals surface area (Å²) in [6, 6.07) is 5.10. The molecule has 0 bridgehead atoms. The first-order valence-electron chi connectivity index (χ1n) is 6.37. The Balaban J connectivity index is 2.80. The van der Waals surface area contributed by atoms with Crippen LogP contribution in [-0.4, -0.2) is 18.4 Å². The Morgan fingerprint density at radius 2 is 2.05 bits per heavy atom. The highest BCUT2D eigenvalue weighted by Crippen LogP contribution is 2.20. The molecule has 0 aliphatic rings. The molecule has 2 amide bonds. The molecule has 5 nitrogen and oxygen atoms in total. The predicted molar refractivity (Wildman–Crippen MR) is 75.8 cm³/mol. The second-order valence-electron chi connectivity index (χ2n) is 4.66. The van der Waals surface area contributed by atoms with Crippen LogP contribution in [-0.2, 0) is 4.79 Å². The van der Waals surface area contributed by atoms with E-state index in [1.165, 1.54) is 0 Å². The third-order valence-corrected chi connectivity index (χ3v) is 3.15. The maximum Gasteiger partial charge on any atom is 0.249 e. The molecule has 1 rings (SSSR count). The highest BCUT2D eigenvalue weighted by molar-refractivity contribution is 5.98. The van der Waals surface area contributed by atoms with Crippen molar-refractivity contribution in [3.63, 3.8) is 0 Å². The summed E-state index contributed by atoms with van der Waals surface area (Å²) < 4.78 is 0. The lowest BCUT2D eigenvalue weighted by atomic mass is 10.0. The maximum absolute atomic E-state index is 12.0. The molecule has 0 aromatic heterocycles. The van der Waals surface area contributed by atoms with Crippen molar-refractivity contribution in [3.05, 3.63) is 29.3 Å². The Morgan fingerprint density at radius 1 is 1.37 bits per heavy atom. The zero-order chi connectivity index (χ0) is 14.4. The highest BCUT2D eigenvalue weighted by atomic mass is 16.2. The third-order valence-electron chi connectivity index (χ3n) is 3.15. The molecule has 0 aliphatic heterocycles. The van der Waals surface area contributed by atoms with Crippen molar-refractivity contribution >= 4 is 17.5 Å². The number of nitrogens with two attached hydrogens (primary N) is 2. The van der Waals surface area contributed by atoms with E-state index in [1.54, 1.807) is 25.1 Å². The first-order valence-corrected chi connectivity index (χ1v) is 6.37. The lowest BCUT2D eigenvalue weighted by Crippen LogP contribution is -2.22. The van der Waals surface area contributed by atoms with Crippen LogP contribution in [0, 0.1) is 12.8 Å². The van der Waals surface area contributed by atoms with Crippen molar-refractivity contribution in [1.82, 2.24) is 0 Å². The summed E-state index contributed by atoms with van der Waals surface area (Å²) in [6.45, 7) is 4.20. The fourth-order valence-corrected chi connectivity index (χ4v) is 1.85. The monoisotopic (exact) mass is 263 g/mol. The molecule has 1 atom stereocenters. The summed E-state index contributed by atoms with van der Waals surface area (Å²) in [5.74, 6) is -0.678. The van der Waals surface area contributed by atoms with E-state index in [9.17, 15) is 9.59 Å². The number of primary amides is 1. The molecule has 0 saturated carbocycles. The lowest BCUT2D eigenvalue weighted by Gasteiger charge is -2.14. The quantitative estimate of drug-likeness (QED) is 0.723. The number of benzene rings is 1. The van der Waals surface area contributed by atoms with Gasteiger partial charge in [-0.1, -0.05) is 13.0 Å². The maximum atomic E-state index is 12.0. The van der Waals surface area contributed by atoms with Crippen LogP contribution >= 0.6 is 0 Å². The van der Waals surface area contributed by atoms with E-state index in [1.807, 2.05) is 6.92 Å². The summed E-state index contributed by atoms with van der Waals surface area (Å²) in [5, 5.41) is 2.83. The number of hydrogen-bond acceptors (Lipinski definition) is 3. The first kappa shape index (κ1) is 15.2. The summed E-state index contributed by atoms with van der Waals surface area (Å²) in [6.07, 6.45) is 1.56. The first-order chi connectivity index (χ1) is 8.97. The Morgan fingerprint density at radius 3 is 2.63 bits per heavy atom. The van der Waals surface area contributed by atoms with Gasteiger partial charge in [0.05, 0.1) is 0 Å². The summed E-state index contributed by atoms with van der Waals surface area (Å²) in [4.78, 5) is 23.2. The molecule has 5 N–H and O–H groups in total. The van der Waals surface area contributed by atoms with Crippen molar-refractivity contribution in [2.24, 2.45) is 17.4 Å². The lowest BCUT2D eigenvalue weighted by molar-refractivity contribution is -0.119. The molecule has 1 unspecified atom stereocenters. The van der Waals surface area contributed by atoms with E-state index in [2.05, 4.69) is 5.32 Å². The van der Waals surface area contributed by atoms with Crippen molar-refractivity contribution in [3.8, 4) is 0 Å². The smallest absolute Gasteiger partial charge is 0.249 e. The number of carbonyl (C=O) groups excluding carboxylic acids is 2. The molecule has 0 spiro atoms. The zero-order valence-electron chi connectivity index (χ0n) is 11.4. The van der Waals surface area contributed by atoms with Gasteiger partial charge in [0.15, 0.2) is 0 Å². The normalized spacial score (nSPS) is 11.9. The van der Waals surface area contributed by atoms with Crippen LogP contribution in [0.1, 0.15) is 35.7 Å². The second kappa shape index (κ2) is 6.89.